The number of anilines is 2. The molecule has 0 aliphatic carbocycles. The average molecular weight is 593 g/mol. The number of ether oxygens (including phenoxy) is 1. The fourth-order valence-electron chi connectivity index (χ4n) is 5.51. The summed E-state index contributed by atoms with van der Waals surface area (Å²) in [7, 11) is 0. The molecule has 0 saturated heterocycles. The zero-order valence-electron chi connectivity index (χ0n) is 24.6. The zero-order valence-corrected chi connectivity index (χ0v) is 24.6. The minimum atomic E-state index is -0.642. The van der Waals surface area contributed by atoms with Gasteiger partial charge in [0.25, 0.3) is 11.4 Å². The lowest BCUT2D eigenvalue weighted by molar-refractivity contribution is -0.385. The summed E-state index contributed by atoms with van der Waals surface area (Å²) in [6, 6.07) is 27.5. The van der Waals surface area contributed by atoms with Crippen LogP contribution in [-0.2, 0) is 9.53 Å². The van der Waals surface area contributed by atoms with Crippen molar-refractivity contribution in [3.05, 3.63) is 151 Å². The Bertz CT molecular complexity index is 1700. The normalized spacial score (nSPS) is 16.4. The molecule has 4 aromatic rings. The Kier molecular flexibility index (Phi) is 8.71. The maximum absolute atomic E-state index is 13.9. The number of nitro benzene ring substituents is 2. The molecule has 10 nitrogen and oxygen atoms in total. The van der Waals surface area contributed by atoms with Gasteiger partial charge in [-0.1, -0.05) is 59.7 Å². The van der Waals surface area contributed by atoms with Crippen molar-refractivity contribution in [3.63, 3.8) is 0 Å². The van der Waals surface area contributed by atoms with Crippen LogP contribution in [0.4, 0.5) is 22.7 Å². The van der Waals surface area contributed by atoms with Crippen LogP contribution in [0.3, 0.4) is 0 Å². The molecule has 1 aliphatic heterocycles. The van der Waals surface area contributed by atoms with Gasteiger partial charge in [0.1, 0.15) is 0 Å². The Labute approximate surface area is 254 Å². The summed E-state index contributed by atoms with van der Waals surface area (Å²) in [6.07, 6.45) is 0.355. The molecule has 0 bridgehead atoms. The number of non-ortho nitro benzene ring substituents is 2. The topological polar surface area (TPSA) is 128 Å². The molecule has 1 N–H and O–H groups in total. The van der Waals surface area contributed by atoms with Gasteiger partial charge in [-0.3, -0.25) is 20.2 Å². The lowest BCUT2D eigenvalue weighted by Gasteiger charge is -2.46. The summed E-state index contributed by atoms with van der Waals surface area (Å²) < 4.78 is 5.62. The highest BCUT2D eigenvalue weighted by atomic mass is 16.6. The number of esters is 1. The molecule has 0 saturated carbocycles. The fourth-order valence-corrected chi connectivity index (χ4v) is 5.51. The molecule has 0 amide bonds. The van der Waals surface area contributed by atoms with Gasteiger partial charge in [-0.15, -0.1) is 0 Å². The van der Waals surface area contributed by atoms with Crippen LogP contribution < -0.4 is 10.2 Å². The first-order valence-electron chi connectivity index (χ1n) is 14.2. The molecule has 0 radical (unpaired) electrons. The minimum absolute atomic E-state index is 0.0359. The summed E-state index contributed by atoms with van der Waals surface area (Å²) in [5.41, 5.74) is 6.16. The van der Waals surface area contributed by atoms with E-state index in [1.807, 2.05) is 62.4 Å². The molecule has 0 fully saturated rings. The highest BCUT2D eigenvalue weighted by Gasteiger charge is 2.42. The Morgan fingerprint density at radius 1 is 0.795 bits per heavy atom. The van der Waals surface area contributed by atoms with Gasteiger partial charge in [0.2, 0.25) is 0 Å². The number of hydrogen-bond acceptors (Lipinski definition) is 8. The van der Waals surface area contributed by atoms with E-state index in [4.69, 9.17) is 4.74 Å². The molecule has 5 rings (SSSR count). The molecule has 0 aromatic heterocycles. The second-order valence-electron chi connectivity index (χ2n) is 10.7. The highest BCUT2D eigenvalue weighted by Crippen LogP contribution is 2.48. The number of benzene rings is 4. The SMILES string of the molecule is CCOC(=O)C1=C(Nc2ccc([N+](=O)[O-])cc2)CC(c2ccc(C)cc2)N(c2ccc([N+](=O)[O-])cc2)C1c1ccc(C)cc1. The van der Waals surface area contributed by atoms with Crippen LogP contribution in [0.15, 0.2) is 108 Å². The second-order valence-corrected chi connectivity index (χ2v) is 10.7. The third-order valence-electron chi connectivity index (χ3n) is 7.69. The molecule has 1 heterocycles. The first-order chi connectivity index (χ1) is 21.2. The van der Waals surface area contributed by atoms with Crippen LogP contribution >= 0.6 is 0 Å². The molecule has 2 atom stereocenters. The highest BCUT2D eigenvalue weighted by molar-refractivity contribution is 5.93. The first kappa shape index (κ1) is 30.0. The standard InChI is InChI=1S/C34H32N4O6/c1-4-44-34(39)32-30(35-26-13-15-28(16-14-26)37(40)41)21-31(24-9-5-22(2)6-10-24)36(27-17-19-29(20-18-27)38(42)43)33(32)25-11-7-23(3)8-12-25/h5-20,31,33,35H,4,21H2,1-3H3. The Hall–Kier alpha value is -5.51. The van der Waals surface area contributed by atoms with Gasteiger partial charge >= 0.3 is 5.97 Å². The Morgan fingerprint density at radius 3 is 1.80 bits per heavy atom. The average Bonchev–Trinajstić information content (AvgIpc) is 3.01. The number of rotatable bonds is 9. The lowest BCUT2D eigenvalue weighted by Crippen LogP contribution is -2.41. The third kappa shape index (κ3) is 6.29. The van der Waals surface area contributed by atoms with E-state index in [-0.39, 0.29) is 24.0 Å². The van der Waals surface area contributed by atoms with E-state index >= 15 is 0 Å². The predicted octanol–water partition coefficient (Wildman–Crippen LogP) is 7.74. The van der Waals surface area contributed by atoms with Crippen LogP contribution in [0, 0.1) is 34.1 Å². The summed E-state index contributed by atoms with van der Waals surface area (Å²) >= 11 is 0. The minimum Gasteiger partial charge on any atom is -0.463 e. The van der Waals surface area contributed by atoms with Gasteiger partial charge in [0.05, 0.1) is 34.1 Å². The molecule has 10 heteroatoms. The van der Waals surface area contributed by atoms with Crippen molar-refractivity contribution in [2.24, 2.45) is 0 Å². The van der Waals surface area contributed by atoms with Gasteiger partial charge < -0.3 is 15.0 Å². The van der Waals surface area contributed by atoms with E-state index in [0.717, 1.165) is 22.3 Å². The quantitative estimate of drug-likeness (QED) is 0.119. The number of carbonyl (C=O) groups excluding carboxylic acids is 1. The number of aryl methyl sites for hydroxylation is 2. The molecular weight excluding hydrogens is 560 g/mol. The molecule has 224 valence electrons. The van der Waals surface area contributed by atoms with Crippen molar-refractivity contribution >= 4 is 28.7 Å². The Morgan fingerprint density at radius 2 is 1.30 bits per heavy atom. The van der Waals surface area contributed by atoms with Crippen molar-refractivity contribution in [1.82, 2.24) is 0 Å². The smallest absolute Gasteiger partial charge is 0.338 e. The van der Waals surface area contributed by atoms with Crippen molar-refractivity contribution in [2.75, 3.05) is 16.8 Å². The van der Waals surface area contributed by atoms with Gasteiger partial charge in [0.15, 0.2) is 0 Å². The van der Waals surface area contributed by atoms with Gasteiger partial charge in [-0.2, -0.15) is 0 Å². The Balaban J connectivity index is 1.76. The summed E-state index contributed by atoms with van der Waals surface area (Å²) in [6.45, 7) is 5.90. The van der Waals surface area contributed by atoms with E-state index < -0.39 is 21.9 Å². The number of hydrogen-bond donors (Lipinski definition) is 1. The van der Waals surface area contributed by atoms with Crippen molar-refractivity contribution in [1.29, 1.82) is 0 Å². The van der Waals surface area contributed by atoms with Gasteiger partial charge in [0, 0.05) is 47.8 Å². The summed E-state index contributed by atoms with van der Waals surface area (Å²) in [4.78, 5) is 37.8. The molecular formula is C34H32N4O6. The third-order valence-corrected chi connectivity index (χ3v) is 7.69. The van der Waals surface area contributed by atoms with Crippen LogP contribution in [0.5, 0.6) is 0 Å². The predicted molar refractivity (Wildman–Crippen MR) is 168 cm³/mol. The van der Waals surface area contributed by atoms with Crippen molar-refractivity contribution in [3.8, 4) is 0 Å². The molecule has 44 heavy (non-hydrogen) atoms. The van der Waals surface area contributed by atoms with Crippen molar-refractivity contribution in [2.45, 2.75) is 39.3 Å². The van der Waals surface area contributed by atoms with Crippen LogP contribution in [0.1, 0.15) is 47.7 Å². The van der Waals surface area contributed by atoms with E-state index in [0.29, 0.717) is 29.1 Å². The van der Waals surface area contributed by atoms with Crippen LogP contribution in [-0.4, -0.2) is 22.4 Å². The van der Waals surface area contributed by atoms with Gasteiger partial charge in [-0.25, -0.2) is 4.79 Å². The number of nitrogens with zero attached hydrogens (tertiary/aromatic N) is 3. The number of carbonyl (C=O) groups is 1. The molecule has 0 spiro atoms. The van der Waals surface area contributed by atoms with Crippen molar-refractivity contribution < 1.29 is 19.4 Å². The fraction of sp³-hybridized carbons (Fsp3) is 0.206. The largest absolute Gasteiger partial charge is 0.463 e. The van der Waals surface area contributed by atoms with E-state index in [1.165, 1.54) is 24.3 Å². The maximum Gasteiger partial charge on any atom is 0.338 e. The van der Waals surface area contributed by atoms with Crippen LogP contribution in [0.25, 0.3) is 0 Å². The van der Waals surface area contributed by atoms with E-state index in [1.54, 1.807) is 31.2 Å². The maximum atomic E-state index is 13.9. The van der Waals surface area contributed by atoms with Crippen LogP contribution in [0.2, 0.25) is 0 Å². The summed E-state index contributed by atoms with van der Waals surface area (Å²) in [5.74, 6) is -0.503. The molecule has 4 aromatic carbocycles. The zero-order chi connectivity index (χ0) is 31.4. The van der Waals surface area contributed by atoms with E-state index in [2.05, 4.69) is 10.2 Å². The number of nitrogens with one attached hydrogen (secondary N) is 1. The van der Waals surface area contributed by atoms with E-state index in [9.17, 15) is 25.0 Å². The summed E-state index contributed by atoms with van der Waals surface area (Å²) in [5, 5.41) is 26.1. The van der Waals surface area contributed by atoms with Gasteiger partial charge in [-0.05, 0) is 56.2 Å². The molecule has 1 aliphatic rings. The lowest BCUT2D eigenvalue weighted by atomic mass is 9.83. The number of nitro groups is 2. The molecule has 2 unspecified atom stereocenters. The second kappa shape index (κ2) is 12.8. The first-order valence-corrected chi connectivity index (χ1v) is 14.2. The monoisotopic (exact) mass is 592 g/mol.